The van der Waals surface area contributed by atoms with E-state index in [4.69, 9.17) is 19.6 Å². The van der Waals surface area contributed by atoms with Gasteiger partial charge in [-0.05, 0) is 53.1 Å². The molecule has 2 N–H and O–H groups in total. The van der Waals surface area contributed by atoms with Gasteiger partial charge in [0.05, 0.1) is 6.61 Å². The summed E-state index contributed by atoms with van der Waals surface area (Å²) < 4.78 is 12.2. The Hall–Kier alpha value is -5.11. The Labute approximate surface area is 237 Å². The molecule has 41 heavy (non-hydrogen) atoms. The number of carbonyl (C=O) groups excluding carboxylic acids is 1. The number of para-hydroxylation sites is 1. The largest absolute Gasteiger partial charge is 0.494 e. The summed E-state index contributed by atoms with van der Waals surface area (Å²) in [5.41, 5.74) is 10.9. The van der Waals surface area contributed by atoms with E-state index in [1.165, 1.54) is 0 Å². The lowest BCUT2D eigenvalue weighted by Gasteiger charge is -2.31. The van der Waals surface area contributed by atoms with Gasteiger partial charge in [-0.2, -0.15) is 0 Å². The molecule has 0 saturated heterocycles. The Morgan fingerprint density at radius 1 is 0.976 bits per heavy atom. The van der Waals surface area contributed by atoms with Crippen molar-refractivity contribution >= 4 is 23.2 Å². The highest BCUT2D eigenvalue weighted by Crippen LogP contribution is 2.44. The summed E-state index contributed by atoms with van der Waals surface area (Å²) in [6.07, 6.45) is -0.124. The van der Waals surface area contributed by atoms with Crippen LogP contribution in [0.2, 0.25) is 0 Å². The predicted octanol–water partition coefficient (Wildman–Crippen LogP) is 6.53. The third-order valence-electron chi connectivity index (χ3n) is 6.77. The van der Waals surface area contributed by atoms with Gasteiger partial charge in [-0.1, -0.05) is 77.9 Å². The second kappa shape index (κ2) is 12.8. The van der Waals surface area contributed by atoms with Crippen molar-refractivity contribution in [1.82, 2.24) is 0 Å². The molecule has 0 aliphatic carbocycles. The van der Waals surface area contributed by atoms with Crippen molar-refractivity contribution in [3.8, 4) is 5.75 Å². The third-order valence-corrected chi connectivity index (χ3v) is 6.77. The molecule has 1 aliphatic rings. The third kappa shape index (κ3) is 6.22. The lowest BCUT2D eigenvalue weighted by molar-refractivity contribution is -0.123. The van der Waals surface area contributed by atoms with Crippen LogP contribution in [0.1, 0.15) is 29.2 Å². The zero-order valence-corrected chi connectivity index (χ0v) is 22.3. The van der Waals surface area contributed by atoms with Gasteiger partial charge in [-0.3, -0.25) is 4.79 Å². The Balaban J connectivity index is 1.61. The van der Waals surface area contributed by atoms with Crippen LogP contribution in [0.5, 0.6) is 5.75 Å². The number of amides is 1. The van der Waals surface area contributed by atoms with Crippen molar-refractivity contribution in [3.05, 3.63) is 136 Å². The van der Waals surface area contributed by atoms with Crippen molar-refractivity contribution < 1.29 is 19.4 Å². The van der Waals surface area contributed by atoms with E-state index in [1.54, 1.807) is 24.3 Å². The van der Waals surface area contributed by atoms with Crippen LogP contribution in [-0.2, 0) is 16.0 Å². The standard InChI is InChI=1S/C32H29N5O4/c33-37-36-28-15-8-7-12-25(28)22-32(31(39)34-26-13-5-2-6-14-26)29(23-10-3-1-4-11-23)41-30(35-32)24-16-18-27(19-17-24)40-21-9-20-38/h1-8,10-19,29,38H,9,20-22H2,(H,34,39)/t29-,32-/m1/s1. The highest BCUT2D eigenvalue weighted by Gasteiger charge is 2.53. The first-order valence-corrected chi connectivity index (χ1v) is 13.3. The molecule has 0 radical (unpaired) electrons. The van der Waals surface area contributed by atoms with E-state index in [-0.39, 0.29) is 18.9 Å². The molecule has 0 unspecified atom stereocenters. The maximum Gasteiger partial charge on any atom is 0.257 e. The molecular weight excluding hydrogens is 518 g/mol. The topological polar surface area (TPSA) is 129 Å². The van der Waals surface area contributed by atoms with Crippen LogP contribution < -0.4 is 10.1 Å². The smallest absolute Gasteiger partial charge is 0.257 e. The summed E-state index contributed by atoms with van der Waals surface area (Å²) in [4.78, 5) is 22.3. The second-order valence-corrected chi connectivity index (χ2v) is 9.51. The van der Waals surface area contributed by atoms with Crippen LogP contribution in [0.3, 0.4) is 0 Å². The van der Waals surface area contributed by atoms with Gasteiger partial charge in [0.1, 0.15) is 5.75 Å². The number of aliphatic imine (C=N–C) groups is 1. The minimum absolute atomic E-state index is 0.0551. The van der Waals surface area contributed by atoms with E-state index in [1.807, 2.05) is 84.9 Å². The Morgan fingerprint density at radius 3 is 2.37 bits per heavy atom. The fourth-order valence-electron chi connectivity index (χ4n) is 4.77. The van der Waals surface area contributed by atoms with E-state index in [9.17, 15) is 10.3 Å². The minimum Gasteiger partial charge on any atom is -0.494 e. The number of nitrogens with zero attached hydrogens (tertiary/aromatic N) is 4. The van der Waals surface area contributed by atoms with Crippen molar-refractivity contribution in [2.75, 3.05) is 18.5 Å². The number of anilines is 1. The highest BCUT2D eigenvalue weighted by atomic mass is 16.5. The average Bonchev–Trinajstić information content (AvgIpc) is 3.40. The lowest BCUT2D eigenvalue weighted by Crippen LogP contribution is -2.46. The molecule has 5 rings (SSSR count). The minimum atomic E-state index is -1.44. The van der Waals surface area contributed by atoms with Gasteiger partial charge < -0.3 is 19.9 Å². The monoisotopic (exact) mass is 547 g/mol. The van der Waals surface area contributed by atoms with Crippen molar-refractivity contribution in [2.24, 2.45) is 10.1 Å². The number of rotatable bonds is 11. The zero-order valence-electron chi connectivity index (χ0n) is 22.3. The molecule has 1 aliphatic heterocycles. The fourth-order valence-corrected chi connectivity index (χ4v) is 4.77. The van der Waals surface area contributed by atoms with Crippen LogP contribution in [0, 0.1) is 0 Å². The molecule has 2 atom stereocenters. The summed E-state index contributed by atoms with van der Waals surface area (Å²) in [6.45, 7) is 0.455. The average molecular weight is 548 g/mol. The molecule has 9 heteroatoms. The fraction of sp³-hybridized carbons (Fsp3) is 0.188. The number of carbonyl (C=O) groups is 1. The van der Waals surface area contributed by atoms with Crippen molar-refractivity contribution in [2.45, 2.75) is 24.5 Å². The van der Waals surface area contributed by atoms with Gasteiger partial charge in [0, 0.05) is 41.3 Å². The number of nitrogens with one attached hydrogen (secondary N) is 1. The SMILES string of the molecule is [N-]=[N+]=Nc1ccccc1C[C@@]1(C(=O)Nc2ccccc2)N=C(c2ccc(OCCCO)cc2)O[C@@H]1c1ccccc1. The van der Waals surface area contributed by atoms with Gasteiger partial charge in [0.15, 0.2) is 11.6 Å². The van der Waals surface area contributed by atoms with Gasteiger partial charge in [0.25, 0.3) is 5.91 Å². The molecule has 206 valence electrons. The Bertz CT molecular complexity index is 1550. The molecule has 4 aromatic carbocycles. The van der Waals surface area contributed by atoms with Crippen LogP contribution in [0.4, 0.5) is 11.4 Å². The van der Waals surface area contributed by atoms with Crippen LogP contribution >= 0.6 is 0 Å². The first kappa shape index (κ1) is 27.5. The van der Waals surface area contributed by atoms with Gasteiger partial charge in [0.2, 0.25) is 5.90 Å². The van der Waals surface area contributed by atoms with Crippen LogP contribution in [0.25, 0.3) is 10.4 Å². The second-order valence-electron chi connectivity index (χ2n) is 9.51. The van der Waals surface area contributed by atoms with Crippen molar-refractivity contribution in [3.63, 3.8) is 0 Å². The summed E-state index contributed by atoms with van der Waals surface area (Å²) in [6, 6.07) is 33.1. The van der Waals surface area contributed by atoms with E-state index in [2.05, 4.69) is 15.3 Å². The van der Waals surface area contributed by atoms with Gasteiger partial charge >= 0.3 is 0 Å². The van der Waals surface area contributed by atoms with E-state index >= 15 is 0 Å². The number of aliphatic hydroxyl groups is 1. The molecule has 0 aromatic heterocycles. The van der Waals surface area contributed by atoms with E-state index in [0.717, 1.165) is 5.56 Å². The molecular formula is C32H29N5O4. The van der Waals surface area contributed by atoms with E-state index < -0.39 is 11.6 Å². The maximum atomic E-state index is 14.3. The summed E-state index contributed by atoms with van der Waals surface area (Å²) in [7, 11) is 0. The van der Waals surface area contributed by atoms with Crippen molar-refractivity contribution in [1.29, 1.82) is 0 Å². The number of benzene rings is 4. The first-order valence-electron chi connectivity index (χ1n) is 13.3. The lowest BCUT2D eigenvalue weighted by atomic mass is 9.81. The molecule has 0 saturated carbocycles. The Kier molecular flexibility index (Phi) is 8.59. The molecule has 1 heterocycles. The molecule has 9 nitrogen and oxygen atoms in total. The Morgan fingerprint density at radius 2 is 1.66 bits per heavy atom. The van der Waals surface area contributed by atoms with Crippen LogP contribution in [0.15, 0.2) is 119 Å². The number of hydrogen-bond donors (Lipinski definition) is 2. The highest BCUT2D eigenvalue weighted by molar-refractivity contribution is 6.05. The summed E-state index contributed by atoms with van der Waals surface area (Å²) in [5, 5.41) is 15.9. The number of ether oxygens (including phenoxy) is 2. The molecule has 0 bridgehead atoms. The molecule has 0 fully saturated rings. The number of hydrogen-bond acceptors (Lipinski definition) is 6. The molecule has 4 aromatic rings. The predicted molar refractivity (Wildman–Crippen MR) is 157 cm³/mol. The summed E-state index contributed by atoms with van der Waals surface area (Å²) in [5.74, 6) is 0.606. The molecule has 1 amide bonds. The normalized spacial score (nSPS) is 17.6. The zero-order chi connectivity index (χ0) is 28.5. The van der Waals surface area contributed by atoms with Crippen LogP contribution in [-0.4, -0.2) is 35.7 Å². The van der Waals surface area contributed by atoms with Gasteiger partial charge in [-0.25, -0.2) is 4.99 Å². The first-order chi connectivity index (χ1) is 20.1. The maximum absolute atomic E-state index is 14.3. The quantitative estimate of drug-likeness (QED) is 0.0957. The number of azide groups is 1. The van der Waals surface area contributed by atoms with E-state index in [0.29, 0.717) is 47.2 Å². The van der Waals surface area contributed by atoms with Gasteiger partial charge in [-0.15, -0.1) is 0 Å². The number of aliphatic hydroxyl groups excluding tert-OH is 1. The molecule has 0 spiro atoms. The summed E-state index contributed by atoms with van der Waals surface area (Å²) >= 11 is 0.